The van der Waals surface area contributed by atoms with E-state index in [1.165, 1.54) is 0 Å². The van der Waals surface area contributed by atoms with E-state index in [0.717, 1.165) is 17.0 Å². The van der Waals surface area contributed by atoms with Crippen molar-refractivity contribution >= 4 is 5.91 Å². The highest BCUT2D eigenvalue weighted by Crippen LogP contribution is 2.15. The van der Waals surface area contributed by atoms with Gasteiger partial charge in [-0.1, -0.05) is 24.3 Å². The molecule has 0 saturated heterocycles. The number of pyridine rings is 1. The first-order valence-electron chi connectivity index (χ1n) is 8.87. The maximum Gasteiger partial charge on any atom is 0.251 e. The van der Waals surface area contributed by atoms with E-state index >= 15 is 0 Å². The zero-order chi connectivity index (χ0) is 18.9. The number of rotatable bonds is 8. The van der Waals surface area contributed by atoms with Gasteiger partial charge in [0, 0.05) is 18.3 Å². The summed E-state index contributed by atoms with van der Waals surface area (Å²) in [5, 5.41) is 2.92. The topological polar surface area (TPSA) is 60.5 Å². The lowest BCUT2D eigenvalue weighted by Gasteiger charge is -2.09. The quantitative estimate of drug-likeness (QED) is 0.658. The molecular weight excluding hydrogens is 340 g/mol. The van der Waals surface area contributed by atoms with Crippen LogP contribution in [0.3, 0.4) is 0 Å². The van der Waals surface area contributed by atoms with Crippen LogP contribution in [-0.2, 0) is 13.2 Å². The van der Waals surface area contributed by atoms with E-state index in [9.17, 15) is 4.79 Å². The highest BCUT2D eigenvalue weighted by molar-refractivity contribution is 5.94. The monoisotopic (exact) mass is 362 g/mol. The molecule has 0 aliphatic carbocycles. The molecule has 1 heterocycles. The third-order valence-corrected chi connectivity index (χ3v) is 3.90. The molecule has 1 aromatic heterocycles. The average Bonchev–Trinajstić information content (AvgIpc) is 2.72. The Kier molecular flexibility index (Phi) is 6.41. The van der Waals surface area contributed by atoms with E-state index in [1.807, 2.05) is 61.5 Å². The van der Waals surface area contributed by atoms with E-state index < -0.39 is 0 Å². The maximum absolute atomic E-state index is 12.3. The number of benzene rings is 2. The summed E-state index contributed by atoms with van der Waals surface area (Å²) >= 11 is 0. The molecule has 0 aliphatic rings. The van der Waals surface area contributed by atoms with Crippen LogP contribution in [0.25, 0.3) is 0 Å². The van der Waals surface area contributed by atoms with E-state index in [-0.39, 0.29) is 5.91 Å². The predicted octanol–water partition coefficient (Wildman–Crippen LogP) is 3.99. The second-order valence-electron chi connectivity index (χ2n) is 5.90. The molecular formula is C22H22N2O3. The van der Waals surface area contributed by atoms with Crippen molar-refractivity contribution in [1.29, 1.82) is 0 Å². The Morgan fingerprint density at radius 3 is 2.56 bits per heavy atom. The van der Waals surface area contributed by atoms with Crippen molar-refractivity contribution in [3.05, 3.63) is 89.7 Å². The summed E-state index contributed by atoms with van der Waals surface area (Å²) in [5.41, 5.74) is 2.45. The van der Waals surface area contributed by atoms with Gasteiger partial charge in [0.05, 0.1) is 12.3 Å². The Morgan fingerprint density at radius 2 is 1.81 bits per heavy atom. The van der Waals surface area contributed by atoms with Crippen LogP contribution in [0.15, 0.2) is 72.9 Å². The molecule has 0 saturated carbocycles. The minimum Gasteiger partial charge on any atom is -0.494 e. The van der Waals surface area contributed by atoms with Crippen molar-refractivity contribution in [2.24, 2.45) is 0 Å². The Bertz CT molecular complexity index is 864. The van der Waals surface area contributed by atoms with Crippen LogP contribution in [0.2, 0.25) is 0 Å². The second-order valence-corrected chi connectivity index (χ2v) is 5.90. The fourth-order valence-corrected chi connectivity index (χ4v) is 2.52. The van der Waals surface area contributed by atoms with Crippen molar-refractivity contribution in [3.8, 4) is 11.5 Å². The number of hydrogen-bond acceptors (Lipinski definition) is 4. The molecule has 1 amide bonds. The normalized spacial score (nSPS) is 10.3. The Balaban J connectivity index is 1.51. The van der Waals surface area contributed by atoms with Crippen LogP contribution >= 0.6 is 0 Å². The molecule has 5 heteroatoms. The number of nitrogens with one attached hydrogen (secondary N) is 1. The molecule has 0 spiro atoms. The van der Waals surface area contributed by atoms with Crippen LogP contribution < -0.4 is 14.8 Å². The average molecular weight is 362 g/mol. The van der Waals surface area contributed by atoms with Gasteiger partial charge < -0.3 is 14.8 Å². The summed E-state index contributed by atoms with van der Waals surface area (Å²) in [6.07, 6.45) is 1.74. The molecule has 0 fully saturated rings. The largest absolute Gasteiger partial charge is 0.494 e. The van der Waals surface area contributed by atoms with Gasteiger partial charge in [0.1, 0.15) is 18.1 Å². The number of carbonyl (C=O) groups excluding carboxylic acids is 1. The number of carbonyl (C=O) groups is 1. The minimum atomic E-state index is -0.132. The highest BCUT2D eigenvalue weighted by Gasteiger charge is 2.07. The standard InChI is InChI=1S/C22H22N2O3/c1-2-26-21-8-5-6-18(14-21)22(25)24-15-17-9-11-20(12-10-17)27-16-19-7-3-4-13-23-19/h3-14H,2,15-16H2,1H3,(H,24,25). The third kappa shape index (κ3) is 5.57. The molecule has 0 bridgehead atoms. The molecule has 27 heavy (non-hydrogen) atoms. The van der Waals surface area contributed by atoms with Crippen molar-refractivity contribution in [1.82, 2.24) is 10.3 Å². The van der Waals surface area contributed by atoms with Gasteiger partial charge in [0.25, 0.3) is 5.91 Å². The first kappa shape index (κ1) is 18.5. The number of ether oxygens (including phenoxy) is 2. The lowest BCUT2D eigenvalue weighted by molar-refractivity contribution is 0.0950. The predicted molar refractivity (Wildman–Crippen MR) is 104 cm³/mol. The molecule has 0 aliphatic heterocycles. The van der Waals surface area contributed by atoms with Crippen LogP contribution in [0.4, 0.5) is 0 Å². The first-order valence-corrected chi connectivity index (χ1v) is 8.87. The molecule has 3 rings (SSSR count). The zero-order valence-electron chi connectivity index (χ0n) is 15.2. The van der Waals surface area contributed by atoms with Gasteiger partial charge >= 0.3 is 0 Å². The van der Waals surface area contributed by atoms with Crippen LogP contribution in [0.1, 0.15) is 28.5 Å². The van der Waals surface area contributed by atoms with E-state index in [4.69, 9.17) is 9.47 Å². The van der Waals surface area contributed by atoms with Crippen molar-refractivity contribution < 1.29 is 14.3 Å². The summed E-state index contributed by atoms with van der Waals surface area (Å²) in [4.78, 5) is 16.5. The number of nitrogens with zero attached hydrogens (tertiary/aromatic N) is 1. The van der Waals surface area contributed by atoms with Gasteiger partial charge in [-0.15, -0.1) is 0 Å². The number of aromatic nitrogens is 1. The van der Waals surface area contributed by atoms with Crippen LogP contribution in [-0.4, -0.2) is 17.5 Å². The van der Waals surface area contributed by atoms with Gasteiger partial charge in [-0.2, -0.15) is 0 Å². The molecule has 2 aromatic carbocycles. The summed E-state index contributed by atoms with van der Waals surface area (Å²) in [7, 11) is 0. The molecule has 3 aromatic rings. The third-order valence-electron chi connectivity index (χ3n) is 3.90. The van der Waals surface area contributed by atoms with Gasteiger partial charge in [-0.05, 0) is 55.0 Å². The van der Waals surface area contributed by atoms with Gasteiger partial charge in [0.2, 0.25) is 0 Å². The lowest BCUT2D eigenvalue weighted by Crippen LogP contribution is -2.22. The van der Waals surface area contributed by atoms with Gasteiger partial charge in [0.15, 0.2) is 0 Å². The molecule has 0 radical (unpaired) electrons. The van der Waals surface area contributed by atoms with Gasteiger partial charge in [-0.3, -0.25) is 9.78 Å². The summed E-state index contributed by atoms with van der Waals surface area (Å²) in [6.45, 7) is 3.35. The zero-order valence-corrected chi connectivity index (χ0v) is 15.2. The smallest absolute Gasteiger partial charge is 0.251 e. The van der Waals surface area contributed by atoms with Crippen molar-refractivity contribution in [3.63, 3.8) is 0 Å². The summed E-state index contributed by atoms with van der Waals surface area (Å²) in [5.74, 6) is 1.33. The SMILES string of the molecule is CCOc1cccc(C(=O)NCc2ccc(OCc3ccccn3)cc2)c1. The molecule has 0 atom stereocenters. The first-order chi connectivity index (χ1) is 13.2. The molecule has 0 unspecified atom stereocenters. The Labute approximate surface area is 159 Å². The second kappa shape index (κ2) is 9.38. The van der Waals surface area contributed by atoms with E-state index in [1.54, 1.807) is 18.3 Å². The molecule has 1 N–H and O–H groups in total. The summed E-state index contributed by atoms with van der Waals surface area (Å²) < 4.78 is 11.1. The van der Waals surface area contributed by atoms with Crippen molar-refractivity contribution in [2.45, 2.75) is 20.1 Å². The van der Waals surface area contributed by atoms with Gasteiger partial charge in [-0.25, -0.2) is 0 Å². The lowest BCUT2D eigenvalue weighted by atomic mass is 10.2. The Morgan fingerprint density at radius 1 is 0.963 bits per heavy atom. The summed E-state index contributed by atoms with van der Waals surface area (Å²) in [6, 6.07) is 20.5. The van der Waals surface area contributed by atoms with E-state index in [0.29, 0.717) is 31.1 Å². The Hall–Kier alpha value is -3.34. The minimum absolute atomic E-state index is 0.132. The fourth-order valence-electron chi connectivity index (χ4n) is 2.52. The van der Waals surface area contributed by atoms with Crippen LogP contribution in [0.5, 0.6) is 11.5 Å². The number of amides is 1. The molecule has 138 valence electrons. The fraction of sp³-hybridized carbons (Fsp3) is 0.182. The van der Waals surface area contributed by atoms with Crippen molar-refractivity contribution in [2.75, 3.05) is 6.61 Å². The maximum atomic E-state index is 12.3. The molecule has 5 nitrogen and oxygen atoms in total. The van der Waals surface area contributed by atoms with E-state index in [2.05, 4.69) is 10.3 Å². The van der Waals surface area contributed by atoms with Crippen LogP contribution in [0, 0.1) is 0 Å². The number of hydrogen-bond donors (Lipinski definition) is 1. The highest BCUT2D eigenvalue weighted by atomic mass is 16.5.